The highest BCUT2D eigenvalue weighted by molar-refractivity contribution is 4.82. The van der Waals surface area contributed by atoms with Gasteiger partial charge in [0.1, 0.15) is 0 Å². The minimum absolute atomic E-state index is 0.102. The van der Waals surface area contributed by atoms with E-state index in [9.17, 15) is 13.2 Å². The SMILES string of the molecule is CC(C)(C)NCCCNCC1CCCCC1C(F)(F)F. The van der Waals surface area contributed by atoms with Crippen LogP contribution in [-0.2, 0) is 0 Å². The summed E-state index contributed by atoms with van der Waals surface area (Å²) in [5, 5.41) is 6.58. The van der Waals surface area contributed by atoms with Crippen LogP contribution in [0.1, 0.15) is 52.9 Å². The number of nitrogens with one attached hydrogen (secondary N) is 2. The normalized spacial score (nSPS) is 24.9. The summed E-state index contributed by atoms with van der Waals surface area (Å²) in [5.74, 6) is -1.34. The molecule has 0 aromatic carbocycles. The number of hydrogen-bond donors (Lipinski definition) is 2. The predicted octanol–water partition coefficient (Wildman–Crippen LogP) is 3.72. The Morgan fingerprint density at radius 1 is 1.00 bits per heavy atom. The molecule has 0 aromatic heterocycles. The lowest BCUT2D eigenvalue weighted by Gasteiger charge is -2.33. The Hall–Kier alpha value is -0.290. The second kappa shape index (κ2) is 7.64. The first kappa shape index (κ1) is 17.8. The molecule has 0 bridgehead atoms. The lowest BCUT2D eigenvalue weighted by Crippen LogP contribution is -2.40. The third kappa shape index (κ3) is 6.93. The largest absolute Gasteiger partial charge is 0.392 e. The molecule has 1 saturated carbocycles. The van der Waals surface area contributed by atoms with Crippen LogP contribution in [0, 0.1) is 11.8 Å². The number of hydrogen-bond acceptors (Lipinski definition) is 2. The Balaban J connectivity index is 2.19. The molecule has 0 radical (unpaired) electrons. The Morgan fingerprint density at radius 2 is 1.65 bits per heavy atom. The smallest absolute Gasteiger partial charge is 0.316 e. The monoisotopic (exact) mass is 294 g/mol. The van der Waals surface area contributed by atoms with E-state index in [1.54, 1.807) is 0 Å². The summed E-state index contributed by atoms with van der Waals surface area (Å²) in [6, 6.07) is 0. The van der Waals surface area contributed by atoms with E-state index in [1.807, 2.05) is 0 Å². The summed E-state index contributed by atoms with van der Waals surface area (Å²) in [6.07, 6.45) is -0.416. The lowest BCUT2D eigenvalue weighted by atomic mass is 9.78. The van der Waals surface area contributed by atoms with Crippen molar-refractivity contribution in [3.8, 4) is 0 Å². The maximum Gasteiger partial charge on any atom is 0.392 e. The predicted molar refractivity (Wildman–Crippen MR) is 76.7 cm³/mol. The summed E-state index contributed by atoms with van der Waals surface area (Å²) in [4.78, 5) is 0. The average Bonchev–Trinajstić information content (AvgIpc) is 2.31. The fourth-order valence-corrected chi connectivity index (χ4v) is 2.85. The molecule has 1 fully saturated rings. The van der Waals surface area contributed by atoms with Crippen molar-refractivity contribution in [3.63, 3.8) is 0 Å². The first-order chi connectivity index (χ1) is 9.20. The first-order valence-corrected chi connectivity index (χ1v) is 7.72. The quantitative estimate of drug-likeness (QED) is 0.730. The molecule has 2 nitrogen and oxygen atoms in total. The highest BCUT2D eigenvalue weighted by atomic mass is 19.4. The summed E-state index contributed by atoms with van der Waals surface area (Å²) in [5.41, 5.74) is 0.102. The van der Waals surface area contributed by atoms with Crippen molar-refractivity contribution in [1.82, 2.24) is 10.6 Å². The molecule has 0 aliphatic heterocycles. The van der Waals surface area contributed by atoms with Gasteiger partial charge in [-0.25, -0.2) is 0 Å². The van der Waals surface area contributed by atoms with Crippen molar-refractivity contribution in [3.05, 3.63) is 0 Å². The molecule has 120 valence electrons. The van der Waals surface area contributed by atoms with Crippen LogP contribution in [0.4, 0.5) is 13.2 Å². The van der Waals surface area contributed by atoms with E-state index in [0.29, 0.717) is 19.4 Å². The van der Waals surface area contributed by atoms with E-state index < -0.39 is 12.1 Å². The fraction of sp³-hybridized carbons (Fsp3) is 1.00. The minimum atomic E-state index is -4.03. The van der Waals surface area contributed by atoms with E-state index in [2.05, 4.69) is 31.4 Å². The zero-order chi connectivity index (χ0) is 15.2. The van der Waals surface area contributed by atoms with Gasteiger partial charge in [-0.3, -0.25) is 0 Å². The molecular formula is C15H29F3N2. The van der Waals surface area contributed by atoms with Crippen molar-refractivity contribution in [2.75, 3.05) is 19.6 Å². The zero-order valence-corrected chi connectivity index (χ0v) is 12.9. The van der Waals surface area contributed by atoms with E-state index in [0.717, 1.165) is 32.4 Å². The number of alkyl halides is 3. The van der Waals surface area contributed by atoms with Gasteiger partial charge in [-0.1, -0.05) is 12.8 Å². The Morgan fingerprint density at radius 3 is 2.25 bits per heavy atom. The maximum atomic E-state index is 12.9. The topological polar surface area (TPSA) is 24.1 Å². The van der Waals surface area contributed by atoms with Crippen LogP contribution >= 0.6 is 0 Å². The molecule has 0 spiro atoms. The average molecular weight is 294 g/mol. The van der Waals surface area contributed by atoms with Gasteiger partial charge in [0.05, 0.1) is 5.92 Å². The van der Waals surface area contributed by atoms with Gasteiger partial charge in [-0.2, -0.15) is 13.2 Å². The molecule has 1 rings (SSSR count). The Bertz CT molecular complexity index is 271. The fourth-order valence-electron chi connectivity index (χ4n) is 2.85. The van der Waals surface area contributed by atoms with E-state index in [-0.39, 0.29) is 11.5 Å². The Kier molecular flexibility index (Phi) is 6.79. The van der Waals surface area contributed by atoms with Crippen LogP contribution in [0.5, 0.6) is 0 Å². The van der Waals surface area contributed by atoms with Crippen LogP contribution in [0.3, 0.4) is 0 Å². The number of rotatable bonds is 6. The highest BCUT2D eigenvalue weighted by Gasteiger charge is 2.44. The van der Waals surface area contributed by atoms with E-state index >= 15 is 0 Å². The van der Waals surface area contributed by atoms with Crippen LogP contribution < -0.4 is 10.6 Å². The maximum absolute atomic E-state index is 12.9. The molecule has 0 saturated heterocycles. The van der Waals surface area contributed by atoms with Crippen molar-refractivity contribution in [2.24, 2.45) is 11.8 Å². The van der Waals surface area contributed by atoms with Crippen molar-refractivity contribution in [2.45, 2.75) is 64.6 Å². The molecule has 1 aliphatic carbocycles. The lowest BCUT2D eigenvalue weighted by molar-refractivity contribution is -0.195. The summed E-state index contributed by atoms with van der Waals surface area (Å²) in [7, 11) is 0. The molecule has 0 amide bonds. The van der Waals surface area contributed by atoms with E-state index in [1.165, 1.54) is 0 Å². The van der Waals surface area contributed by atoms with Crippen LogP contribution in [0.25, 0.3) is 0 Å². The minimum Gasteiger partial charge on any atom is -0.316 e. The molecule has 5 heteroatoms. The summed E-state index contributed by atoms with van der Waals surface area (Å²) in [6.45, 7) is 8.50. The van der Waals surface area contributed by atoms with Crippen LogP contribution in [0.15, 0.2) is 0 Å². The number of halogens is 3. The summed E-state index contributed by atoms with van der Waals surface area (Å²) >= 11 is 0. The first-order valence-electron chi connectivity index (χ1n) is 7.72. The zero-order valence-electron chi connectivity index (χ0n) is 12.9. The molecular weight excluding hydrogens is 265 g/mol. The molecule has 0 heterocycles. The molecule has 2 N–H and O–H groups in total. The van der Waals surface area contributed by atoms with Gasteiger partial charge in [0.2, 0.25) is 0 Å². The molecule has 1 aliphatic rings. The molecule has 20 heavy (non-hydrogen) atoms. The van der Waals surface area contributed by atoms with Crippen LogP contribution in [-0.4, -0.2) is 31.3 Å². The third-order valence-electron chi connectivity index (χ3n) is 3.92. The van der Waals surface area contributed by atoms with Gasteiger partial charge in [-0.15, -0.1) is 0 Å². The molecule has 2 unspecified atom stereocenters. The van der Waals surface area contributed by atoms with Gasteiger partial charge in [-0.05, 0) is 65.6 Å². The standard InChI is InChI=1S/C15H29F3N2/c1-14(2,3)20-10-6-9-19-11-12-7-4-5-8-13(12)15(16,17)18/h12-13,19-20H,4-11H2,1-3H3. The van der Waals surface area contributed by atoms with Crippen molar-refractivity contribution >= 4 is 0 Å². The second-order valence-corrected chi connectivity index (χ2v) is 6.93. The van der Waals surface area contributed by atoms with Gasteiger partial charge >= 0.3 is 6.18 Å². The van der Waals surface area contributed by atoms with Gasteiger partial charge < -0.3 is 10.6 Å². The van der Waals surface area contributed by atoms with Gasteiger partial charge in [0.25, 0.3) is 0 Å². The van der Waals surface area contributed by atoms with Crippen LogP contribution in [0.2, 0.25) is 0 Å². The van der Waals surface area contributed by atoms with Crippen molar-refractivity contribution in [1.29, 1.82) is 0 Å². The highest BCUT2D eigenvalue weighted by Crippen LogP contribution is 2.41. The third-order valence-corrected chi connectivity index (χ3v) is 3.92. The van der Waals surface area contributed by atoms with Crippen molar-refractivity contribution < 1.29 is 13.2 Å². The van der Waals surface area contributed by atoms with E-state index in [4.69, 9.17) is 0 Å². The molecule has 2 atom stereocenters. The molecule has 0 aromatic rings. The van der Waals surface area contributed by atoms with Gasteiger partial charge in [0, 0.05) is 5.54 Å². The summed E-state index contributed by atoms with van der Waals surface area (Å²) < 4.78 is 38.7. The Labute approximate surface area is 120 Å². The second-order valence-electron chi connectivity index (χ2n) is 6.93. The van der Waals surface area contributed by atoms with Gasteiger partial charge in [0.15, 0.2) is 0 Å².